The second-order valence-electron chi connectivity index (χ2n) is 9.70. The SMILES string of the molecule is Cc1cc(Nc2cc(N3CC(C)(O)C3)nc(Sc3ccc(CC(=O)c4ccccc4C(F)(F)F)cc3)n2)n[nH]1. The lowest BCUT2D eigenvalue weighted by atomic mass is 9.97. The van der Waals surface area contributed by atoms with Gasteiger partial charge < -0.3 is 15.3 Å². The Hall–Kier alpha value is -3.90. The van der Waals surface area contributed by atoms with E-state index in [-0.39, 0.29) is 12.0 Å². The van der Waals surface area contributed by atoms with Crippen LogP contribution in [0.2, 0.25) is 0 Å². The number of β-amino-alcohol motifs (C(OH)–C–C–N with tert-alkyl or cyclic N) is 1. The highest BCUT2D eigenvalue weighted by atomic mass is 32.2. The second-order valence-corrected chi connectivity index (χ2v) is 10.7. The van der Waals surface area contributed by atoms with Gasteiger partial charge in [-0.2, -0.15) is 18.3 Å². The van der Waals surface area contributed by atoms with E-state index in [0.717, 1.165) is 16.7 Å². The van der Waals surface area contributed by atoms with Crippen LogP contribution < -0.4 is 10.2 Å². The molecule has 4 aromatic rings. The molecule has 0 atom stereocenters. The van der Waals surface area contributed by atoms with Gasteiger partial charge in [0.05, 0.1) is 11.2 Å². The van der Waals surface area contributed by atoms with Gasteiger partial charge in [0.25, 0.3) is 0 Å². The van der Waals surface area contributed by atoms with Crippen LogP contribution in [0, 0.1) is 6.92 Å². The Bertz CT molecular complexity index is 1500. The molecule has 3 N–H and O–H groups in total. The first-order valence-electron chi connectivity index (χ1n) is 12.1. The second kappa shape index (κ2) is 10.3. The number of aliphatic hydroxyl groups is 1. The molecule has 0 saturated carbocycles. The lowest BCUT2D eigenvalue weighted by Gasteiger charge is -2.45. The van der Waals surface area contributed by atoms with Crippen molar-refractivity contribution in [2.24, 2.45) is 0 Å². The Kier molecular flexibility index (Phi) is 7.08. The number of hydrogen-bond donors (Lipinski definition) is 3. The maximum absolute atomic E-state index is 13.3. The lowest BCUT2D eigenvalue weighted by Crippen LogP contribution is -2.60. The number of benzene rings is 2. The van der Waals surface area contributed by atoms with Crippen molar-refractivity contribution in [2.45, 2.75) is 42.1 Å². The number of carbonyl (C=O) groups is 1. The number of carbonyl (C=O) groups excluding carboxylic acids is 1. The summed E-state index contributed by atoms with van der Waals surface area (Å²) in [4.78, 5) is 24.6. The largest absolute Gasteiger partial charge is 0.417 e. The molecule has 0 radical (unpaired) electrons. The average molecular weight is 555 g/mol. The number of ketones is 1. The highest BCUT2D eigenvalue weighted by molar-refractivity contribution is 7.99. The van der Waals surface area contributed by atoms with Crippen molar-refractivity contribution in [3.8, 4) is 0 Å². The Morgan fingerprint density at radius 1 is 1.10 bits per heavy atom. The molecule has 12 heteroatoms. The highest BCUT2D eigenvalue weighted by Crippen LogP contribution is 2.34. The zero-order valence-electron chi connectivity index (χ0n) is 21.1. The van der Waals surface area contributed by atoms with E-state index in [0.29, 0.717) is 41.3 Å². The first-order valence-corrected chi connectivity index (χ1v) is 12.9. The molecule has 1 aliphatic heterocycles. The summed E-state index contributed by atoms with van der Waals surface area (Å²) >= 11 is 1.30. The molecule has 2 aromatic carbocycles. The van der Waals surface area contributed by atoms with E-state index < -0.39 is 23.1 Å². The standard InChI is InChI=1S/C27H25F3N6O2S/c1-16-11-23(35-34-16)31-22-13-24(36-14-26(2,38)15-36)33-25(32-22)39-18-9-7-17(8-10-18)12-21(37)19-5-3-4-6-20(19)27(28,29)30/h3-11,13,38H,12,14-15H2,1-2H3,(H2,31,32,33,34,35). The molecule has 39 heavy (non-hydrogen) atoms. The van der Waals surface area contributed by atoms with Crippen LogP contribution in [0.25, 0.3) is 0 Å². The Morgan fingerprint density at radius 2 is 1.82 bits per heavy atom. The number of H-pyrrole nitrogens is 1. The summed E-state index contributed by atoms with van der Waals surface area (Å²) < 4.78 is 39.9. The van der Waals surface area contributed by atoms with Crippen molar-refractivity contribution < 1.29 is 23.1 Å². The van der Waals surface area contributed by atoms with Gasteiger partial charge in [-0.1, -0.05) is 30.3 Å². The molecule has 3 heterocycles. The normalized spacial score (nSPS) is 14.7. The maximum atomic E-state index is 13.3. The number of aryl methyl sites for hydroxylation is 1. The minimum absolute atomic E-state index is 0.157. The molecule has 1 aliphatic rings. The third-order valence-corrected chi connectivity index (χ3v) is 6.94. The van der Waals surface area contributed by atoms with E-state index in [1.54, 1.807) is 37.3 Å². The molecule has 0 aliphatic carbocycles. The van der Waals surface area contributed by atoms with Gasteiger partial charge in [0, 0.05) is 47.8 Å². The fourth-order valence-electron chi connectivity index (χ4n) is 4.27. The van der Waals surface area contributed by atoms with Crippen LogP contribution in [0.15, 0.2) is 70.7 Å². The fourth-order valence-corrected chi connectivity index (χ4v) is 5.04. The molecule has 2 aromatic heterocycles. The minimum Gasteiger partial charge on any atom is -0.386 e. The molecule has 8 nitrogen and oxygen atoms in total. The van der Waals surface area contributed by atoms with Crippen molar-refractivity contribution in [2.75, 3.05) is 23.3 Å². The van der Waals surface area contributed by atoms with Gasteiger partial charge in [0.2, 0.25) is 0 Å². The van der Waals surface area contributed by atoms with Gasteiger partial charge >= 0.3 is 6.18 Å². The molecule has 1 fully saturated rings. The highest BCUT2D eigenvalue weighted by Gasteiger charge is 2.38. The molecule has 0 unspecified atom stereocenters. The molecule has 0 bridgehead atoms. The summed E-state index contributed by atoms with van der Waals surface area (Å²) in [6.07, 6.45) is -4.76. The number of halogens is 3. The molecule has 0 amide bonds. The summed E-state index contributed by atoms with van der Waals surface area (Å²) in [5.74, 6) is 1.18. The van der Waals surface area contributed by atoms with Gasteiger partial charge in [-0.15, -0.1) is 0 Å². The predicted octanol–water partition coefficient (Wildman–Crippen LogP) is 5.42. The third kappa shape index (κ3) is 6.40. The van der Waals surface area contributed by atoms with Gasteiger partial charge in [0.15, 0.2) is 16.8 Å². The summed E-state index contributed by atoms with van der Waals surface area (Å²) in [5, 5.41) is 20.8. The summed E-state index contributed by atoms with van der Waals surface area (Å²) in [5.41, 5.74) is -0.572. The molecular formula is C27H25F3N6O2S. The quantitative estimate of drug-likeness (QED) is 0.196. The molecule has 0 spiro atoms. The number of rotatable bonds is 8. The van der Waals surface area contributed by atoms with Gasteiger partial charge in [-0.05, 0) is 49.4 Å². The minimum atomic E-state index is -4.60. The number of alkyl halides is 3. The van der Waals surface area contributed by atoms with Gasteiger partial charge in [-0.3, -0.25) is 9.89 Å². The molecular weight excluding hydrogens is 529 g/mol. The topological polar surface area (TPSA) is 107 Å². The maximum Gasteiger partial charge on any atom is 0.417 e. The van der Waals surface area contributed by atoms with Crippen molar-refractivity contribution in [3.05, 3.63) is 83.0 Å². The first-order chi connectivity index (χ1) is 18.4. The average Bonchev–Trinajstić information content (AvgIpc) is 3.27. The fraction of sp³-hybridized carbons (Fsp3) is 0.259. The number of nitrogens with zero attached hydrogens (tertiary/aromatic N) is 4. The van der Waals surface area contributed by atoms with Crippen molar-refractivity contribution >= 4 is 35.0 Å². The van der Waals surface area contributed by atoms with E-state index >= 15 is 0 Å². The van der Waals surface area contributed by atoms with Crippen LogP contribution >= 0.6 is 11.8 Å². The Morgan fingerprint density at radius 3 is 2.46 bits per heavy atom. The van der Waals surface area contributed by atoms with Crippen LogP contribution in [-0.4, -0.2) is 49.7 Å². The van der Waals surface area contributed by atoms with Crippen LogP contribution in [0.4, 0.5) is 30.6 Å². The summed E-state index contributed by atoms with van der Waals surface area (Å²) in [7, 11) is 0. The van der Waals surface area contributed by atoms with Crippen molar-refractivity contribution in [3.63, 3.8) is 0 Å². The number of anilines is 3. The molecule has 5 rings (SSSR count). The van der Waals surface area contributed by atoms with Crippen LogP contribution in [-0.2, 0) is 12.6 Å². The number of aromatic amines is 1. The molecule has 1 saturated heterocycles. The van der Waals surface area contributed by atoms with Gasteiger partial charge in [-0.25, -0.2) is 9.97 Å². The van der Waals surface area contributed by atoms with Crippen LogP contribution in [0.1, 0.15) is 34.1 Å². The summed E-state index contributed by atoms with van der Waals surface area (Å²) in [6.45, 7) is 4.53. The van der Waals surface area contributed by atoms with Crippen molar-refractivity contribution in [1.29, 1.82) is 0 Å². The number of nitrogens with one attached hydrogen (secondary N) is 2. The van der Waals surface area contributed by atoms with Crippen molar-refractivity contribution in [1.82, 2.24) is 20.2 Å². The monoisotopic (exact) mass is 554 g/mol. The smallest absolute Gasteiger partial charge is 0.386 e. The number of aromatic nitrogens is 4. The van der Waals surface area contributed by atoms with E-state index in [2.05, 4.69) is 25.5 Å². The van der Waals surface area contributed by atoms with Crippen LogP contribution in [0.3, 0.4) is 0 Å². The van der Waals surface area contributed by atoms with E-state index in [1.807, 2.05) is 17.9 Å². The number of Topliss-reactive ketones (excluding diaryl/α,β-unsaturated/α-hetero) is 1. The number of hydrogen-bond acceptors (Lipinski definition) is 8. The molecule has 202 valence electrons. The van der Waals surface area contributed by atoms with Gasteiger partial charge in [0.1, 0.15) is 11.6 Å². The van der Waals surface area contributed by atoms with E-state index in [4.69, 9.17) is 0 Å². The summed E-state index contributed by atoms with van der Waals surface area (Å²) in [6, 6.07) is 15.4. The zero-order valence-corrected chi connectivity index (χ0v) is 21.9. The Labute approximate surface area is 226 Å². The Balaban J connectivity index is 1.32. The third-order valence-electron chi connectivity index (χ3n) is 6.07. The van der Waals surface area contributed by atoms with E-state index in [1.165, 1.54) is 30.0 Å². The first kappa shape index (κ1) is 26.7. The van der Waals surface area contributed by atoms with Crippen LogP contribution in [0.5, 0.6) is 0 Å². The zero-order chi connectivity index (χ0) is 27.8. The van der Waals surface area contributed by atoms with E-state index in [9.17, 15) is 23.1 Å². The predicted molar refractivity (Wildman–Crippen MR) is 142 cm³/mol. The lowest BCUT2D eigenvalue weighted by molar-refractivity contribution is -0.137.